The first kappa shape index (κ1) is 22.2. The topological polar surface area (TPSA) is 38.8 Å². The second-order valence-corrected chi connectivity index (χ2v) is 9.15. The van der Waals surface area contributed by atoms with Gasteiger partial charge in [-0.3, -0.25) is 4.79 Å². The third kappa shape index (κ3) is 4.63. The summed E-state index contributed by atoms with van der Waals surface area (Å²) in [7, 11) is -0.467. The summed E-state index contributed by atoms with van der Waals surface area (Å²) in [5.74, 6) is -1.43. The van der Waals surface area contributed by atoms with Gasteiger partial charge in [-0.2, -0.15) is 13.2 Å². The molecule has 1 aromatic carbocycles. The van der Waals surface area contributed by atoms with E-state index < -0.39 is 30.4 Å². The summed E-state index contributed by atoms with van der Waals surface area (Å²) >= 11 is 0. The fourth-order valence-corrected chi connectivity index (χ4v) is 3.82. The lowest BCUT2D eigenvalue weighted by Gasteiger charge is -2.33. The van der Waals surface area contributed by atoms with E-state index in [1.165, 1.54) is 0 Å². The summed E-state index contributed by atoms with van der Waals surface area (Å²) in [4.78, 5) is 14.1. The first-order chi connectivity index (χ1) is 13.3. The zero-order valence-electron chi connectivity index (χ0n) is 17.7. The molecule has 0 aromatic heterocycles. The van der Waals surface area contributed by atoms with Gasteiger partial charge in [0, 0.05) is 13.1 Å². The molecule has 2 fully saturated rings. The molecular formula is C21H29BF3NO3. The van der Waals surface area contributed by atoms with E-state index in [1.54, 1.807) is 4.90 Å². The van der Waals surface area contributed by atoms with Gasteiger partial charge in [-0.05, 0) is 58.5 Å². The molecule has 3 rings (SSSR count). The molecule has 2 saturated heterocycles. The maximum absolute atomic E-state index is 12.8. The summed E-state index contributed by atoms with van der Waals surface area (Å²) in [6.45, 7) is 10.3. The highest BCUT2D eigenvalue weighted by Gasteiger charge is 2.52. The maximum Gasteiger partial charge on any atom is 0.495 e. The Hall–Kier alpha value is -1.54. The number of hydrogen-bond acceptors (Lipinski definition) is 3. The molecule has 0 atom stereocenters. The molecule has 0 saturated carbocycles. The van der Waals surface area contributed by atoms with Crippen LogP contribution < -0.4 is 5.46 Å². The van der Waals surface area contributed by atoms with Crippen LogP contribution in [0.5, 0.6) is 0 Å². The van der Waals surface area contributed by atoms with Crippen LogP contribution in [-0.4, -0.2) is 48.4 Å². The van der Waals surface area contributed by atoms with Gasteiger partial charge in [0.1, 0.15) is 0 Å². The summed E-state index contributed by atoms with van der Waals surface area (Å²) in [5, 5.41) is 0. The number of aryl methyl sites for hydroxylation is 1. The predicted molar refractivity (Wildman–Crippen MR) is 106 cm³/mol. The number of carbonyl (C=O) groups is 1. The Morgan fingerprint density at radius 1 is 1.14 bits per heavy atom. The Balaban J connectivity index is 1.62. The Labute approximate surface area is 170 Å². The smallest absolute Gasteiger partial charge is 0.399 e. The molecule has 0 bridgehead atoms. The number of piperidine rings is 1. The quantitative estimate of drug-likeness (QED) is 0.714. The van der Waals surface area contributed by atoms with Crippen LogP contribution in [-0.2, 0) is 20.5 Å². The molecule has 0 spiro atoms. The number of likely N-dealkylation sites (tertiary alicyclic amines) is 1. The van der Waals surface area contributed by atoms with Crippen molar-refractivity contribution in [3.8, 4) is 0 Å². The molecule has 1 aromatic rings. The number of hydrogen-bond donors (Lipinski definition) is 0. The Morgan fingerprint density at radius 3 is 2.17 bits per heavy atom. The van der Waals surface area contributed by atoms with Gasteiger partial charge in [0.2, 0.25) is 5.91 Å². The number of carbonyl (C=O) groups excluding carboxylic acids is 1. The minimum atomic E-state index is -4.17. The third-order valence-corrected chi connectivity index (χ3v) is 6.51. The largest absolute Gasteiger partial charge is 0.495 e. The Kier molecular flexibility index (Phi) is 5.82. The Morgan fingerprint density at radius 2 is 1.69 bits per heavy atom. The van der Waals surface area contributed by atoms with Crippen LogP contribution in [0.1, 0.15) is 51.7 Å². The summed E-state index contributed by atoms with van der Waals surface area (Å²) in [6, 6.07) is 5.71. The fraction of sp³-hybridized carbons (Fsp3) is 0.667. The van der Waals surface area contributed by atoms with E-state index in [2.05, 4.69) is 0 Å². The van der Waals surface area contributed by atoms with Crippen molar-refractivity contribution in [3.63, 3.8) is 0 Å². The van der Waals surface area contributed by atoms with Crippen molar-refractivity contribution in [2.45, 2.75) is 71.3 Å². The lowest BCUT2D eigenvalue weighted by atomic mass is 9.75. The van der Waals surface area contributed by atoms with Crippen molar-refractivity contribution in [1.29, 1.82) is 0 Å². The molecule has 2 aliphatic rings. The van der Waals surface area contributed by atoms with Gasteiger partial charge in [0.05, 0.1) is 23.5 Å². The number of nitrogens with zero attached hydrogens (tertiary/aromatic N) is 1. The zero-order chi connectivity index (χ0) is 21.6. The molecule has 4 nitrogen and oxygen atoms in total. The third-order valence-electron chi connectivity index (χ3n) is 6.51. The predicted octanol–water partition coefficient (Wildman–Crippen LogP) is 3.64. The summed E-state index contributed by atoms with van der Waals surface area (Å²) < 4.78 is 50.6. The molecule has 29 heavy (non-hydrogen) atoms. The van der Waals surface area contributed by atoms with Crippen LogP contribution >= 0.6 is 0 Å². The molecule has 0 N–H and O–H groups in total. The van der Waals surface area contributed by atoms with Gasteiger partial charge in [-0.1, -0.05) is 23.8 Å². The first-order valence-electron chi connectivity index (χ1n) is 10.1. The van der Waals surface area contributed by atoms with E-state index in [-0.39, 0.29) is 38.3 Å². The molecular weight excluding hydrogens is 382 g/mol. The highest BCUT2D eigenvalue weighted by molar-refractivity contribution is 6.62. The molecule has 0 aliphatic carbocycles. The van der Waals surface area contributed by atoms with Crippen LogP contribution in [0.15, 0.2) is 18.2 Å². The van der Waals surface area contributed by atoms with Crippen LogP contribution in [0.2, 0.25) is 0 Å². The van der Waals surface area contributed by atoms with Gasteiger partial charge < -0.3 is 14.2 Å². The highest BCUT2D eigenvalue weighted by Crippen LogP contribution is 2.37. The minimum absolute atomic E-state index is 0.0187. The van der Waals surface area contributed by atoms with Gasteiger partial charge >= 0.3 is 13.3 Å². The van der Waals surface area contributed by atoms with E-state index in [0.29, 0.717) is 0 Å². The molecule has 0 radical (unpaired) electrons. The summed E-state index contributed by atoms with van der Waals surface area (Å²) in [5.41, 5.74) is 1.86. The normalized spacial score (nSPS) is 22.2. The van der Waals surface area contributed by atoms with Crippen LogP contribution in [0.3, 0.4) is 0 Å². The van der Waals surface area contributed by atoms with E-state index in [1.807, 2.05) is 52.8 Å². The first-order valence-corrected chi connectivity index (χ1v) is 10.1. The number of amides is 1. The van der Waals surface area contributed by atoms with Crippen LogP contribution in [0.4, 0.5) is 13.2 Å². The molecule has 2 heterocycles. The van der Waals surface area contributed by atoms with Crippen molar-refractivity contribution in [2.24, 2.45) is 5.92 Å². The van der Waals surface area contributed by atoms with Crippen molar-refractivity contribution >= 4 is 18.5 Å². The lowest BCUT2D eigenvalue weighted by molar-refractivity contribution is -0.186. The molecule has 160 valence electrons. The van der Waals surface area contributed by atoms with Gasteiger partial charge in [-0.25, -0.2) is 0 Å². The fourth-order valence-electron chi connectivity index (χ4n) is 3.82. The zero-order valence-corrected chi connectivity index (χ0v) is 17.7. The highest BCUT2D eigenvalue weighted by atomic mass is 19.4. The molecule has 8 heteroatoms. The van der Waals surface area contributed by atoms with Crippen LogP contribution in [0.25, 0.3) is 0 Å². The van der Waals surface area contributed by atoms with Crippen molar-refractivity contribution in [3.05, 3.63) is 29.3 Å². The van der Waals surface area contributed by atoms with E-state index >= 15 is 0 Å². The van der Waals surface area contributed by atoms with Gasteiger partial charge in [0.25, 0.3) is 0 Å². The van der Waals surface area contributed by atoms with Crippen molar-refractivity contribution in [2.75, 3.05) is 13.1 Å². The number of benzene rings is 1. The average Bonchev–Trinajstić information content (AvgIpc) is 2.81. The molecule has 2 aliphatic heterocycles. The number of alkyl halides is 3. The average molecular weight is 411 g/mol. The van der Waals surface area contributed by atoms with E-state index in [0.717, 1.165) is 16.6 Å². The maximum atomic E-state index is 12.8. The van der Waals surface area contributed by atoms with E-state index in [4.69, 9.17) is 9.31 Å². The number of halogens is 3. The molecule has 1 amide bonds. The second-order valence-electron chi connectivity index (χ2n) is 9.15. The van der Waals surface area contributed by atoms with Crippen molar-refractivity contribution in [1.82, 2.24) is 4.90 Å². The summed E-state index contributed by atoms with van der Waals surface area (Å²) in [6.07, 6.45) is -4.03. The van der Waals surface area contributed by atoms with Gasteiger partial charge in [0.15, 0.2) is 0 Å². The standard InChI is InChI=1S/C21H29BF3NO3/c1-14-12-15(6-7-17(14)22-28-19(2,3)20(4,5)29-22)13-18(27)26-10-8-16(9-11-26)21(23,24)25/h6-7,12,16H,8-11,13H2,1-5H3. The monoisotopic (exact) mass is 411 g/mol. The van der Waals surface area contributed by atoms with E-state index in [9.17, 15) is 18.0 Å². The SMILES string of the molecule is Cc1cc(CC(=O)N2CCC(C(F)(F)F)CC2)ccc1B1OC(C)(C)C(C)(C)O1. The van der Waals surface area contributed by atoms with Crippen molar-refractivity contribution < 1.29 is 27.3 Å². The Bertz CT molecular complexity index is 755. The minimum Gasteiger partial charge on any atom is -0.399 e. The lowest BCUT2D eigenvalue weighted by Crippen LogP contribution is -2.42. The van der Waals surface area contributed by atoms with Gasteiger partial charge in [-0.15, -0.1) is 0 Å². The molecule has 0 unspecified atom stereocenters. The number of rotatable bonds is 3. The second kappa shape index (κ2) is 7.62. The van der Waals surface area contributed by atoms with Crippen LogP contribution in [0, 0.1) is 12.8 Å².